The molecule has 260 valence electrons. The molecule has 7 nitrogen and oxygen atoms in total. The summed E-state index contributed by atoms with van der Waals surface area (Å²) in [6.07, 6.45) is 4.99. The van der Waals surface area contributed by atoms with Gasteiger partial charge in [0, 0.05) is 43.2 Å². The zero-order valence-electron chi connectivity index (χ0n) is 31.3. The van der Waals surface area contributed by atoms with Crippen molar-refractivity contribution in [3.8, 4) is 5.75 Å². The van der Waals surface area contributed by atoms with Crippen molar-refractivity contribution in [2.75, 3.05) is 5.32 Å². The van der Waals surface area contributed by atoms with E-state index in [2.05, 4.69) is 111 Å². The van der Waals surface area contributed by atoms with Crippen LogP contribution in [0.25, 0.3) is 0 Å². The summed E-state index contributed by atoms with van der Waals surface area (Å²) < 4.78 is 11.3. The molecule has 1 aliphatic heterocycles. The molecule has 47 heavy (non-hydrogen) atoms. The molecule has 1 heterocycles. The first-order valence-corrected chi connectivity index (χ1v) is 17.2. The van der Waals surface area contributed by atoms with Crippen molar-refractivity contribution < 1.29 is 24.2 Å². The zero-order valence-corrected chi connectivity index (χ0v) is 31.3. The first kappa shape index (κ1) is 38.0. The van der Waals surface area contributed by atoms with Crippen LogP contribution in [0.15, 0.2) is 47.8 Å². The Morgan fingerprint density at radius 3 is 1.79 bits per heavy atom. The lowest BCUT2D eigenvalue weighted by Gasteiger charge is -2.38. The predicted octanol–water partition coefficient (Wildman–Crippen LogP) is 9.51. The van der Waals surface area contributed by atoms with Gasteiger partial charge in [-0.2, -0.15) is 0 Å². The van der Waals surface area contributed by atoms with Gasteiger partial charge in [-0.25, -0.2) is 9.59 Å². The number of ether oxygens (including phenoxy) is 2. The van der Waals surface area contributed by atoms with Gasteiger partial charge in [-0.1, -0.05) is 113 Å². The van der Waals surface area contributed by atoms with E-state index in [0.717, 1.165) is 48.8 Å². The minimum absolute atomic E-state index is 0.0392. The lowest BCUT2D eigenvalue weighted by molar-refractivity contribution is -0.222. The Morgan fingerprint density at radius 2 is 1.34 bits per heavy atom. The normalized spacial score (nSPS) is 16.0. The van der Waals surface area contributed by atoms with E-state index in [1.165, 1.54) is 5.56 Å². The largest absolute Gasteiger partial charge is 0.507 e. The number of phenolic OH excluding ortho intramolecular Hbond substituents is 1. The van der Waals surface area contributed by atoms with E-state index in [1.54, 1.807) is 13.8 Å². The standard InChI is InChI=1S/C40H60N2O5/c1-14-15-16-17-26(2)42(25-28-20-18-27(19-21-28)24-37(3,4)5)34(32-35(44)46-40(12,13)47-36(32)45)41-29-22-30(38(6,7)8)33(43)31(23-29)39(9,10)11/h18-23,26,41,43H,14-17,24-25H2,1-13H3. The highest BCUT2D eigenvalue weighted by atomic mass is 16.7. The molecule has 0 radical (unpaired) electrons. The van der Waals surface area contributed by atoms with Crippen LogP contribution in [0.3, 0.4) is 0 Å². The first-order chi connectivity index (χ1) is 21.5. The Kier molecular flexibility index (Phi) is 11.6. The van der Waals surface area contributed by atoms with Gasteiger partial charge < -0.3 is 24.8 Å². The summed E-state index contributed by atoms with van der Waals surface area (Å²) in [7, 11) is 0. The number of esters is 2. The molecule has 2 aromatic rings. The van der Waals surface area contributed by atoms with E-state index in [1.807, 2.05) is 12.1 Å². The summed E-state index contributed by atoms with van der Waals surface area (Å²) in [5.74, 6) is -2.25. The smallest absolute Gasteiger partial charge is 0.352 e. The van der Waals surface area contributed by atoms with Gasteiger partial charge in [-0.05, 0) is 59.3 Å². The number of carbonyl (C=O) groups excluding carboxylic acids is 2. The van der Waals surface area contributed by atoms with Crippen LogP contribution < -0.4 is 5.32 Å². The molecule has 2 aromatic carbocycles. The van der Waals surface area contributed by atoms with E-state index in [9.17, 15) is 14.7 Å². The van der Waals surface area contributed by atoms with Crippen molar-refractivity contribution >= 4 is 17.6 Å². The predicted molar refractivity (Wildman–Crippen MR) is 191 cm³/mol. The van der Waals surface area contributed by atoms with Gasteiger partial charge in [-0.15, -0.1) is 0 Å². The highest BCUT2D eigenvalue weighted by Gasteiger charge is 2.43. The van der Waals surface area contributed by atoms with Crippen LogP contribution in [0.1, 0.15) is 138 Å². The van der Waals surface area contributed by atoms with Gasteiger partial charge in [0.25, 0.3) is 5.79 Å². The van der Waals surface area contributed by atoms with Crippen LogP contribution in [0.5, 0.6) is 5.75 Å². The molecule has 0 amide bonds. The van der Waals surface area contributed by atoms with Crippen LogP contribution in [-0.2, 0) is 42.9 Å². The maximum atomic E-state index is 13.7. The number of carbonyl (C=O) groups is 2. The second-order valence-corrected chi connectivity index (χ2v) is 17.0. The average Bonchev–Trinajstić information content (AvgIpc) is 2.90. The number of phenols is 1. The van der Waals surface area contributed by atoms with Gasteiger partial charge >= 0.3 is 11.9 Å². The van der Waals surface area contributed by atoms with Crippen LogP contribution in [-0.4, -0.2) is 33.8 Å². The highest BCUT2D eigenvalue weighted by molar-refractivity contribution is 6.16. The monoisotopic (exact) mass is 648 g/mol. The summed E-state index contributed by atoms with van der Waals surface area (Å²) in [5.41, 5.74) is 3.77. The number of unbranched alkanes of at least 4 members (excludes halogenated alkanes) is 2. The molecule has 3 rings (SSSR count). The number of hydrogen-bond donors (Lipinski definition) is 2. The van der Waals surface area contributed by atoms with Gasteiger partial charge in [0.05, 0.1) is 0 Å². The molecule has 0 saturated carbocycles. The Morgan fingerprint density at radius 1 is 0.851 bits per heavy atom. The van der Waals surface area contributed by atoms with Crippen LogP contribution in [0, 0.1) is 5.41 Å². The second kappa shape index (κ2) is 14.3. The van der Waals surface area contributed by atoms with E-state index in [-0.39, 0.29) is 33.6 Å². The number of nitrogens with zero attached hydrogens (tertiary/aromatic N) is 1. The molecule has 1 aliphatic rings. The highest BCUT2D eigenvalue weighted by Crippen LogP contribution is 2.42. The third-order valence-electron chi connectivity index (χ3n) is 8.47. The minimum Gasteiger partial charge on any atom is -0.507 e. The number of benzene rings is 2. The maximum absolute atomic E-state index is 13.7. The van der Waals surface area contributed by atoms with Crippen molar-refractivity contribution in [3.63, 3.8) is 0 Å². The minimum atomic E-state index is -1.37. The molecule has 0 spiro atoms. The number of aromatic hydroxyl groups is 1. The number of anilines is 1. The third kappa shape index (κ3) is 10.3. The van der Waals surface area contributed by atoms with Crippen LogP contribution in [0.4, 0.5) is 5.69 Å². The summed E-state index contributed by atoms with van der Waals surface area (Å²) >= 11 is 0. The Hall–Kier alpha value is -3.48. The molecule has 2 N–H and O–H groups in total. The summed E-state index contributed by atoms with van der Waals surface area (Å²) in [5, 5.41) is 14.9. The fraction of sp³-hybridized carbons (Fsp3) is 0.600. The number of rotatable bonds is 11. The van der Waals surface area contributed by atoms with Crippen LogP contribution in [0.2, 0.25) is 0 Å². The van der Waals surface area contributed by atoms with Gasteiger partial charge in [0.15, 0.2) is 5.57 Å². The van der Waals surface area contributed by atoms with E-state index >= 15 is 0 Å². The Bertz CT molecular complexity index is 1390. The van der Waals surface area contributed by atoms with Gasteiger partial charge in [0.1, 0.15) is 11.6 Å². The number of cyclic esters (lactones) is 2. The quantitative estimate of drug-likeness (QED) is 0.0825. The molecule has 0 aromatic heterocycles. The van der Waals surface area contributed by atoms with E-state index < -0.39 is 17.7 Å². The topological polar surface area (TPSA) is 88.1 Å². The summed E-state index contributed by atoms with van der Waals surface area (Å²) in [4.78, 5) is 29.5. The van der Waals surface area contributed by atoms with Crippen molar-refractivity contribution in [2.24, 2.45) is 5.41 Å². The van der Waals surface area contributed by atoms with Crippen molar-refractivity contribution in [1.29, 1.82) is 0 Å². The van der Waals surface area contributed by atoms with Gasteiger partial charge in [-0.3, -0.25) is 0 Å². The number of nitrogens with one attached hydrogen (secondary N) is 1. The zero-order chi connectivity index (χ0) is 35.5. The fourth-order valence-corrected chi connectivity index (χ4v) is 5.98. The molecule has 0 bridgehead atoms. The molecule has 0 aliphatic carbocycles. The third-order valence-corrected chi connectivity index (χ3v) is 8.47. The Labute approximate surface area is 284 Å². The lowest BCUT2D eigenvalue weighted by Crippen LogP contribution is -2.45. The molecular weight excluding hydrogens is 588 g/mol. The summed E-state index contributed by atoms with van der Waals surface area (Å²) in [6, 6.07) is 12.4. The Balaban J connectivity index is 2.26. The molecule has 1 saturated heterocycles. The van der Waals surface area contributed by atoms with Crippen LogP contribution >= 0.6 is 0 Å². The second-order valence-electron chi connectivity index (χ2n) is 17.0. The molecule has 1 atom stereocenters. The molecule has 1 fully saturated rings. The molecular formula is C40H60N2O5. The number of hydrogen-bond acceptors (Lipinski definition) is 7. The fourth-order valence-electron chi connectivity index (χ4n) is 5.98. The molecule has 7 heteroatoms. The molecule has 1 unspecified atom stereocenters. The average molecular weight is 649 g/mol. The van der Waals surface area contributed by atoms with Gasteiger partial charge in [0.2, 0.25) is 0 Å². The maximum Gasteiger partial charge on any atom is 0.352 e. The van der Waals surface area contributed by atoms with Crippen molar-refractivity contribution in [1.82, 2.24) is 4.90 Å². The summed E-state index contributed by atoms with van der Waals surface area (Å²) in [6.45, 7) is 26.9. The SMILES string of the molecule is CCCCCC(C)N(Cc1ccc(CC(C)(C)C)cc1)C(Nc1cc(C(C)(C)C)c(O)c(C(C)(C)C)c1)=C1C(=O)OC(C)(C)OC1=O. The van der Waals surface area contributed by atoms with E-state index in [0.29, 0.717) is 18.1 Å². The van der Waals surface area contributed by atoms with Crippen molar-refractivity contribution in [3.05, 3.63) is 70.0 Å². The van der Waals surface area contributed by atoms with E-state index in [4.69, 9.17) is 9.47 Å². The van der Waals surface area contributed by atoms with Crippen molar-refractivity contribution in [2.45, 2.75) is 151 Å². The first-order valence-electron chi connectivity index (χ1n) is 17.2. The lowest BCUT2D eigenvalue weighted by atomic mass is 9.79.